The quantitative estimate of drug-likeness (QED) is 0.664. The lowest BCUT2D eigenvalue weighted by molar-refractivity contribution is -0.385. The fraction of sp³-hybridized carbons (Fsp3) is 0. The Morgan fingerprint density at radius 2 is 1.76 bits per heavy atom. The molecule has 8 heteroatoms. The Kier molecular flexibility index (Phi) is 4.30. The van der Waals surface area contributed by atoms with E-state index in [-0.39, 0.29) is 27.1 Å². The molecule has 0 aromatic heterocycles. The van der Waals surface area contributed by atoms with Crippen LogP contribution in [-0.4, -0.2) is 16.0 Å². The summed E-state index contributed by atoms with van der Waals surface area (Å²) in [6.45, 7) is 0. The van der Waals surface area contributed by atoms with Crippen molar-refractivity contribution < 1.29 is 19.6 Å². The van der Waals surface area contributed by atoms with E-state index in [1.165, 1.54) is 24.3 Å². The number of ether oxygens (including phenoxy) is 1. The lowest BCUT2D eigenvalue weighted by Gasteiger charge is -2.09. The van der Waals surface area contributed by atoms with Crippen molar-refractivity contribution in [2.75, 3.05) is 0 Å². The highest BCUT2D eigenvalue weighted by molar-refractivity contribution is 6.42. The Morgan fingerprint density at radius 1 is 1.14 bits per heavy atom. The monoisotopic (exact) mass is 327 g/mol. The molecular weight excluding hydrogens is 321 g/mol. The van der Waals surface area contributed by atoms with Crippen LogP contribution in [0.3, 0.4) is 0 Å². The van der Waals surface area contributed by atoms with Gasteiger partial charge in [0.2, 0.25) is 5.75 Å². The predicted molar refractivity (Wildman–Crippen MR) is 76.6 cm³/mol. The van der Waals surface area contributed by atoms with Crippen molar-refractivity contribution >= 4 is 34.9 Å². The van der Waals surface area contributed by atoms with Gasteiger partial charge in [-0.25, -0.2) is 4.79 Å². The van der Waals surface area contributed by atoms with Gasteiger partial charge in [0.15, 0.2) is 0 Å². The van der Waals surface area contributed by atoms with Crippen LogP contribution in [0.15, 0.2) is 36.4 Å². The summed E-state index contributed by atoms with van der Waals surface area (Å²) in [6, 6.07) is 7.98. The van der Waals surface area contributed by atoms with Crippen molar-refractivity contribution in [3.8, 4) is 11.5 Å². The number of benzene rings is 2. The molecule has 0 amide bonds. The fourth-order valence-electron chi connectivity index (χ4n) is 1.59. The number of nitro groups is 1. The number of carboxylic acids is 1. The minimum Gasteiger partial charge on any atom is -0.478 e. The Bertz CT molecular complexity index is 732. The average Bonchev–Trinajstić information content (AvgIpc) is 2.42. The van der Waals surface area contributed by atoms with Crippen LogP contribution < -0.4 is 4.74 Å². The first-order valence-electron chi connectivity index (χ1n) is 5.53. The molecule has 0 aliphatic heterocycles. The molecule has 0 atom stereocenters. The molecule has 2 rings (SSSR count). The van der Waals surface area contributed by atoms with Gasteiger partial charge in [-0.05, 0) is 12.1 Å². The molecule has 0 aliphatic rings. The summed E-state index contributed by atoms with van der Waals surface area (Å²) >= 11 is 11.5. The molecule has 0 heterocycles. The Labute approximate surface area is 128 Å². The number of rotatable bonds is 4. The molecule has 0 saturated heterocycles. The molecule has 0 aliphatic carbocycles. The molecular formula is C13H7Cl2NO5. The van der Waals surface area contributed by atoms with E-state index in [0.29, 0.717) is 0 Å². The highest BCUT2D eigenvalue weighted by Crippen LogP contribution is 2.38. The van der Waals surface area contributed by atoms with Gasteiger partial charge in [0.1, 0.15) is 11.3 Å². The fourth-order valence-corrected chi connectivity index (χ4v) is 1.90. The second-order valence-corrected chi connectivity index (χ2v) is 4.71. The van der Waals surface area contributed by atoms with E-state index in [1.807, 2.05) is 0 Å². The minimum absolute atomic E-state index is 0.00207. The summed E-state index contributed by atoms with van der Waals surface area (Å²) in [7, 11) is 0. The van der Waals surface area contributed by atoms with Crippen molar-refractivity contribution in [3.63, 3.8) is 0 Å². The first-order valence-corrected chi connectivity index (χ1v) is 6.29. The van der Waals surface area contributed by atoms with Crippen molar-refractivity contribution in [2.24, 2.45) is 0 Å². The van der Waals surface area contributed by atoms with E-state index in [2.05, 4.69) is 0 Å². The molecule has 2 aromatic carbocycles. The van der Waals surface area contributed by atoms with Crippen LogP contribution in [0.25, 0.3) is 0 Å². The molecule has 0 bridgehead atoms. The van der Waals surface area contributed by atoms with Gasteiger partial charge in [-0.15, -0.1) is 0 Å². The summed E-state index contributed by atoms with van der Waals surface area (Å²) in [4.78, 5) is 21.4. The van der Waals surface area contributed by atoms with Crippen LogP contribution >= 0.6 is 23.2 Å². The number of aromatic carboxylic acids is 1. The van der Waals surface area contributed by atoms with Gasteiger partial charge >= 0.3 is 11.7 Å². The SMILES string of the molecule is O=C(O)c1ccccc1Oc1cc(Cl)c(Cl)cc1[N+](=O)[O-]. The smallest absolute Gasteiger partial charge is 0.339 e. The van der Waals surface area contributed by atoms with Crippen LogP contribution in [0.4, 0.5) is 5.69 Å². The zero-order chi connectivity index (χ0) is 15.6. The maximum Gasteiger partial charge on any atom is 0.339 e. The second kappa shape index (κ2) is 5.99. The van der Waals surface area contributed by atoms with Crippen molar-refractivity contribution in [3.05, 3.63) is 62.1 Å². The zero-order valence-electron chi connectivity index (χ0n) is 10.2. The predicted octanol–water partition coefficient (Wildman–Crippen LogP) is 4.39. The molecule has 0 unspecified atom stereocenters. The van der Waals surface area contributed by atoms with E-state index in [1.54, 1.807) is 6.07 Å². The molecule has 108 valence electrons. The van der Waals surface area contributed by atoms with Crippen LogP contribution in [0.2, 0.25) is 10.0 Å². The Hall–Kier alpha value is -2.31. The summed E-state index contributed by atoms with van der Waals surface area (Å²) in [6.07, 6.45) is 0. The third-order valence-corrected chi connectivity index (χ3v) is 3.26. The lowest BCUT2D eigenvalue weighted by Crippen LogP contribution is -2.01. The van der Waals surface area contributed by atoms with Crippen LogP contribution in [0.1, 0.15) is 10.4 Å². The van der Waals surface area contributed by atoms with Gasteiger partial charge in [0.05, 0.1) is 15.0 Å². The normalized spacial score (nSPS) is 10.2. The largest absolute Gasteiger partial charge is 0.478 e. The number of hydrogen-bond acceptors (Lipinski definition) is 4. The molecule has 2 aromatic rings. The topological polar surface area (TPSA) is 89.7 Å². The van der Waals surface area contributed by atoms with Crippen molar-refractivity contribution in [2.45, 2.75) is 0 Å². The van der Waals surface area contributed by atoms with Gasteiger partial charge in [0.25, 0.3) is 0 Å². The molecule has 1 N–H and O–H groups in total. The number of carboxylic acid groups (broad SMARTS) is 1. The Balaban J connectivity index is 2.52. The van der Waals surface area contributed by atoms with Gasteiger partial charge < -0.3 is 9.84 Å². The first-order chi connectivity index (χ1) is 9.90. The molecule has 21 heavy (non-hydrogen) atoms. The van der Waals surface area contributed by atoms with E-state index >= 15 is 0 Å². The standard InChI is InChI=1S/C13H7Cl2NO5/c14-8-5-10(16(19)20)12(6-9(8)15)21-11-4-2-1-3-7(11)13(17)18/h1-6H,(H,17,18). The molecule has 0 saturated carbocycles. The van der Waals surface area contributed by atoms with Gasteiger partial charge in [-0.3, -0.25) is 10.1 Å². The molecule has 0 radical (unpaired) electrons. The van der Waals surface area contributed by atoms with Gasteiger partial charge in [-0.2, -0.15) is 0 Å². The third-order valence-electron chi connectivity index (χ3n) is 2.54. The molecule has 0 fully saturated rings. The molecule has 6 nitrogen and oxygen atoms in total. The Morgan fingerprint density at radius 3 is 2.38 bits per heavy atom. The third kappa shape index (κ3) is 3.24. The highest BCUT2D eigenvalue weighted by atomic mass is 35.5. The minimum atomic E-state index is -1.21. The number of nitro benzene ring substituents is 1. The van der Waals surface area contributed by atoms with E-state index in [4.69, 9.17) is 33.0 Å². The highest BCUT2D eigenvalue weighted by Gasteiger charge is 2.21. The van der Waals surface area contributed by atoms with Gasteiger partial charge in [-0.1, -0.05) is 35.3 Å². The maximum absolute atomic E-state index is 11.1. The van der Waals surface area contributed by atoms with Gasteiger partial charge in [0, 0.05) is 12.1 Å². The van der Waals surface area contributed by atoms with Crippen LogP contribution in [0.5, 0.6) is 11.5 Å². The number of hydrogen-bond donors (Lipinski definition) is 1. The zero-order valence-corrected chi connectivity index (χ0v) is 11.8. The summed E-state index contributed by atoms with van der Waals surface area (Å²) < 4.78 is 5.33. The van der Waals surface area contributed by atoms with Crippen molar-refractivity contribution in [1.82, 2.24) is 0 Å². The summed E-state index contributed by atoms with van der Waals surface area (Å²) in [5.74, 6) is -1.44. The number of para-hydroxylation sites is 1. The van der Waals surface area contributed by atoms with E-state index in [9.17, 15) is 14.9 Å². The maximum atomic E-state index is 11.1. The number of halogens is 2. The van der Waals surface area contributed by atoms with Crippen LogP contribution in [0, 0.1) is 10.1 Å². The summed E-state index contributed by atoms with van der Waals surface area (Å²) in [5.41, 5.74) is -0.539. The van der Waals surface area contributed by atoms with Crippen LogP contribution in [-0.2, 0) is 0 Å². The first kappa shape index (κ1) is 15.1. The van der Waals surface area contributed by atoms with Crippen molar-refractivity contribution in [1.29, 1.82) is 0 Å². The molecule has 0 spiro atoms. The second-order valence-electron chi connectivity index (χ2n) is 3.89. The van der Waals surface area contributed by atoms with E-state index < -0.39 is 16.6 Å². The summed E-state index contributed by atoms with van der Waals surface area (Å²) in [5, 5.41) is 20.1. The average molecular weight is 328 g/mol. The van der Waals surface area contributed by atoms with E-state index in [0.717, 1.165) is 6.07 Å². The number of nitrogens with zero attached hydrogens (tertiary/aromatic N) is 1. The number of carbonyl (C=O) groups is 1. The lowest BCUT2D eigenvalue weighted by atomic mass is 10.2.